The smallest absolute Gasteiger partial charge is 0.320 e. The normalized spacial score (nSPS) is 27.9. The monoisotopic (exact) mass is 284 g/mol. The maximum Gasteiger partial charge on any atom is 0.320 e. The number of likely N-dealkylation sites (tertiary alicyclic amines) is 2. The molecule has 0 aromatic carbocycles. The van der Waals surface area contributed by atoms with Gasteiger partial charge < -0.3 is 20.0 Å². The first kappa shape index (κ1) is 15.1. The van der Waals surface area contributed by atoms with Gasteiger partial charge in [-0.15, -0.1) is 0 Å². The first-order valence-electron chi connectivity index (χ1n) is 7.41. The van der Waals surface area contributed by atoms with Gasteiger partial charge in [0, 0.05) is 38.5 Å². The highest BCUT2D eigenvalue weighted by molar-refractivity contribution is 5.75. The highest BCUT2D eigenvalue weighted by atomic mass is 16.4. The van der Waals surface area contributed by atoms with E-state index in [-0.39, 0.29) is 24.5 Å². The molecule has 2 rings (SSSR count). The third-order valence-corrected chi connectivity index (χ3v) is 4.50. The Bertz CT molecular complexity index is 372. The Morgan fingerprint density at radius 3 is 2.45 bits per heavy atom. The summed E-state index contributed by atoms with van der Waals surface area (Å²) in [6, 6.07) is 0.0472. The van der Waals surface area contributed by atoms with Crippen LogP contribution in [0.4, 0.5) is 4.79 Å². The van der Waals surface area contributed by atoms with Crippen LogP contribution in [0.5, 0.6) is 0 Å². The first-order chi connectivity index (χ1) is 9.47. The minimum Gasteiger partial charge on any atom is -0.481 e. The van der Waals surface area contributed by atoms with E-state index in [1.807, 2.05) is 9.80 Å². The number of hydrogen-bond acceptors (Lipinski definition) is 3. The minimum absolute atomic E-state index is 0.0472. The largest absolute Gasteiger partial charge is 0.481 e. The van der Waals surface area contributed by atoms with Crippen LogP contribution in [0.25, 0.3) is 0 Å². The van der Waals surface area contributed by atoms with E-state index < -0.39 is 5.97 Å². The van der Waals surface area contributed by atoms with E-state index in [1.165, 1.54) is 0 Å². The van der Waals surface area contributed by atoms with Crippen molar-refractivity contribution in [2.24, 2.45) is 11.8 Å². The summed E-state index contributed by atoms with van der Waals surface area (Å²) < 4.78 is 0. The number of urea groups is 1. The van der Waals surface area contributed by atoms with Gasteiger partial charge in [-0.05, 0) is 32.1 Å². The molecule has 20 heavy (non-hydrogen) atoms. The van der Waals surface area contributed by atoms with Crippen molar-refractivity contribution >= 4 is 12.0 Å². The summed E-state index contributed by atoms with van der Waals surface area (Å²) in [5, 5.41) is 18.3. The SMILES string of the molecule is CC(O)C1CCN(C(=O)N2CCC(CCC(=O)O)C2)C1. The summed E-state index contributed by atoms with van der Waals surface area (Å²) >= 11 is 0. The van der Waals surface area contributed by atoms with Crippen molar-refractivity contribution < 1.29 is 19.8 Å². The van der Waals surface area contributed by atoms with Gasteiger partial charge in [-0.1, -0.05) is 0 Å². The van der Waals surface area contributed by atoms with E-state index in [1.54, 1.807) is 6.92 Å². The zero-order valence-electron chi connectivity index (χ0n) is 12.0. The average molecular weight is 284 g/mol. The van der Waals surface area contributed by atoms with Gasteiger partial charge in [0.05, 0.1) is 6.10 Å². The van der Waals surface area contributed by atoms with Gasteiger partial charge in [0.25, 0.3) is 0 Å². The lowest BCUT2D eigenvalue weighted by Gasteiger charge is -2.25. The predicted octanol–water partition coefficient (Wildman–Crippen LogP) is 0.996. The molecule has 2 N–H and O–H groups in total. The van der Waals surface area contributed by atoms with Gasteiger partial charge in [0.2, 0.25) is 0 Å². The summed E-state index contributed by atoms with van der Waals surface area (Å²) in [7, 11) is 0. The molecule has 2 fully saturated rings. The number of carbonyl (C=O) groups excluding carboxylic acids is 1. The van der Waals surface area contributed by atoms with Gasteiger partial charge in [0.1, 0.15) is 0 Å². The van der Waals surface area contributed by atoms with Crippen LogP contribution in [0.3, 0.4) is 0 Å². The molecule has 2 aliphatic heterocycles. The number of hydrogen-bond donors (Lipinski definition) is 2. The number of carbonyl (C=O) groups is 2. The number of amides is 2. The van der Waals surface area contributed by atoms with Crippen LogP contribution in [-0.4, -0.2) is 64.3 Å². The van der Waals surface area contributed by atoms with E-state index in [0.29, 0.717) is 32.0 Å². The Morgan fingerprint density at radius 2 is 1.85 bits per heavy atom. The quantitative estimate of drug-likeness (QED) is 0.807. The molecule has 2 amide bonds. The number of nitrogens with zero attached hydrogens (tertiary/aromatic N) is 2. The molecular formula is C14H24N2O4. The second-order valence-electron chi connectivity index (χ2n) is 6.05. The van der Waals surface area contributed by atoms with Crippen molar-refractivity contribution in [2.45, 2.75) is 38.7 Å². The molecular weight excluding hydrogens is 260 g/mol. The van der Waals surface area contributed by atoms with Gasteiger partial charge in [-0.2, -0.15) is 0 Å². The third kappa shape index (κ3) is 3.62. The highest BCUT2D eigenvalue weighted by Gasteiger charge is 2.34. The fraction of sp³-hybridized carbons (Fsp3) is 0.857. The Labute approximate surface area is 119 Å². The maximum absolute atomic E-state index is 12.4. The van der Waals surface area contributed by atoms with E-state index in [4.69, 9.17) is 5.11 Å². The van der Waals surface area contributed by atoms with Gasteiger partial charge in [-0.3, -0.25) is 4.79 Å². The summed E-state index contributed by atoms with van der Waals surface area (Å²) in [6.45, 7) is 4.51. The molecule has 3 unspecified atom stereocenters. The fourth-order valence-electron chi connectivity index (χ4n) is 3.12. The minimum atomic E-state index is -0.769. The summed E-state index contributed by atoms with van der Waals surface area (Å²) in [4.78, 5) is 26.6. The standard InChI is InChI=1S/C14H24N2O4/c1-10(17)12-5-7-16(9-12)14(20)15-6-4-11(8-15)2-3-13(18)19/h10-12,17H,2-9H2,1H3,(H,18,19). The molecule has 0 saturated carbocycles. The zero-order valence-corrected chi connectivity index (χ0v) is 12.0. The molecule has 2 aliphatic rings. The van der Waals surface area contributed by atoms with Gasteiger partial charge in [-0.25, -0.2) is 4.79 Å². The molecule has 0 aromatic rings. The predicted molar refractivity (Wildman–Crippen MR) is 73.3 cm³/mol. The van der Waals surface area contributed by atoms with Crippen LogP contribution in [-0.2, 0) is 4.79 Å². The maximum atomic E-state index is 12.4. The third-order valence-electron chi connectivity index (χ3n) is 4.50. The lowest BCUT2D eigenvalue weighted by molar-refractivity contribution is -0.137. The van der Waals surface area contributed by atoms with Crippen LogP contribution in [0.2, 0.25) is 0 Å². The molecule has 0 spiro atoms. The number of aliphatic carboxylic acids is 1. The van der Waals surface area contributed by atoms with E-state index in [9.17, 15) is 14.7 Å². The molecule has 0 radical (unpaired) electrons. The first-order valence-corrected chi connectivity index (χ1v) is 7.41. The van der Waals surface area contributed by atoms with Crippen molar-refractivity contribution in [3.63, 3.8) is 0 Å². The number of carboxylic acids is 1. The zero-order chi connectivity index (χ0) is 14.7. The number of carboxylic acid groups (broad SMARTS) is 1. The molecule has 2 heterocycles. The van der Waals surface area contributed by atoms with Crippen molar-refractivity contribution in [2.75, 3.05) is 26.2 Å². The molecule has 0 bridgehead atoms. The summed E-state index contributed by atoms with van der Waals surface area (Å²) in [5.74, 6) is -0.274. The van der Waals surface area contributed by atoms with Crippen molar-refractivity contribution in [3.05, 3.63) is 0 Å². The highest BCUT2D eigenvalue weighted by Crippen LogP contribution is 2.25. The number of rotatable bonds is 4. The van der Waals surface area contributed by atoms with Gasteiger partial charge in [0.15, 0.2) is 0 Å². The van der Waals surface area contributed by atoms with Crippen LogP contribution >= 0.6 is 0 Å². The Hall–Kier alpha value is -1.30. The number of aliphatic hydroxyl groups excluding tert-OH is 1. The Kier molecular flexibility index (Phi) is 4.86. The van der Waals surface area contributed by atoms with Crippen LogP contribution < -0.4 is 0 Å². The second-order valence-corrected chi connectivity index (χ2v) is 6.05. The molecule has 3 atom stereocenters. The van der Waals surface area contributed by atoms with Gasteiger partial charge >= 0.3 is 12.0 Å². The molecule has 6 nitrogen and oxygen atoms in total. The molecule has 114 valence electrons. The second kappa shape index (κ2) is 6.43. The Balaban J connectivity index is 1.78. The topological polar surface area (TPSA) is 81.1 Å². The lowest BCUT2D eigenvalue weighted by atomic mass is 10.0. The molecule has 0 aromatic heterocycles. The molecule has 6 heteroatoms. The Morgan fingerprint density at radius 1 is 1.20 bits per heavy atom. The van der Waals surface area contributed by atoms with E-state index in [0.717, 1.165) is 19.4 Å². The molecule has 0 aliphatic carbocycles. The summed E-state index contributed by atoms with van der Waals surface area (Å²) in [6.07, 6.45) is 2.22. The average Bonchev–Trinajstić information content (AvgIpc) is 3.05. The van der Waals surface area contributed by atoms with Crippen molar-refractivity contribution in [1.29, 1.82) is 0 Å². The van der Waals surface area contributed by atoms with E-state index >= 15 is 0 Å². The van der Waals surface area contributed by atoms with Crippen LogP contribution in [0.1, 0.15) is 32.6 Å². The lowest BCUT2D eigenvalue weighted by Crippen LogP contribution is -2.41. The van der Waals surface area contributed by atoms with E-state index in [2.05, 4.69) is 0 Å². The summed E-state index contributed by atoms with van der Waals surface area (Å²) in [5.41, 5.74) is 0. The van der Waals surface area contributed by atoms with Crippen molar-refractivity contribution in [1.82, 2.24) is 9.80 Å². The van der Waals surface area contributed by atoms with Crippen LogP contribution in [0.15, 0.2) is 0 Å². The van der Waals surface area contributed by atoms with Crippen molar-refractivity contribution in [3.8, 4) is 0 Å². The molecule has 2 saturated heterocycles. The fourth-order valence-corrected chi connectivity index (χ4v) is 3.12. The van der Waals surface area contributed by atoms with Crippen LogP contribution in [0, 0.1) is 11.8 Å². The number of aliphatic hydroxyl groups is 1.